The summed E-state index contributed by atoms with van der Waals surface area (Å²) in [6.07, 6.45) is 0.685. The lowest BCUT2D eigenvalue weighted by atomic mass is 10.2. The van der Waals surface area contributed by atoms with Gasteiger partial charge in [0.05, 0.1) is 11.5 Å². The average Bonchev–Trinajstić information content (AvgIpc) is 2.26. The van der Waals surface area contributed by atoms with Crippen LogP contribution in [-0.2, 0) is 9.84 Å². The minimum atomic E-state index is -3.26. The molecular weight excluding hydrogens is 232 g/mol. The predicted molar refractivity (Wildman–Crippen MR) is 56.5 cm³/mol. The van der Waals surface area contributed by atoms with Crippen molar-refractivity contribution < 1.29 is 23.0 Å². The van der Waals surface area contributed by atoms with Crippen LogP contribution in [-0.4, -0.2) is 39.1 Å². The highest BCUT2D eigenvalue weighted by Crippen LogP contribution is 2.33. The van der Waals surface area contributed by atoms with Crippen molar-refractivity contribution >= 4 is 9.84 Å². The molecule has 0 fully saturated rings. The number of sulfone groups is 1. The Morgan fingerprint density at radius 2 is 2.19 bits per heavy atom. The van der Waals surface area contributed by atoms with Crippen LogP contribution in [0, 0.1) is 0 Å². The van der Waals surface area contributed by atoms with Crippen LogP contribution in [0.3, 0.4) is 0 Å². The van der Waals surface area contributed by atoms with Gasteiger partial charge in [-0.2, -0.15) is 0 Å². The summed E-state index contributed by atoms with van der Waals surface area (Å²) < 4.78 is 33.3. The van der Waals surface area contributed by atoms with Crippen molar-refractivity contribution in [3.05, 3.63) is 18.2 Å². The van der Waals surface area contributed by atoms with Gasteiger partial charge in [-0.3, -0.25) is 0 Å². The van der Waals surface area contributed by atoms with Crippen LogP contribution in [0.15, 0.2) is 23.1 Å². The third-order valence-corrected chi connectivity index (χ3v) is 3.38. The zero-order chi connectivity index (χ0) is 11.8. The predicted octanol–water partition coefficient (Wildman–Crippen LogP) is 0.222. The van der Waals surface area contributed by atoms with E-state index in [0.29, 0.717) is 11.5 Å². The Kier molecular flexibility index (Phi) is 2.77. The molecule has 5 nitrogen and oxygen atoms in total. The summed E-state index contributed by atoms with van der Waals surface area (Å²) in [4.78, 5) is 0.174. The van der Waals surface area contributed by atoms with Crippen LogP contribution in [0.5, 0.6) is 11.5 Å². The van der Waals surface area contributed by atoms with E-state index >= 15 is 0 Å². The first-order chi connectivity index (χ1) is 7.50. The minimum absolute atomic E-state index is 0.164. The van der Waals surface area contributed by atoms with Gasteiger partial charge in [-0.1, -0.05) is 0 Å². The second kappa shape index (κ2) is 3.95. The zero-order valence-electron chi connectivity index (χ0n) is 8.71. The van der Waals surface area contributed by atoms with Gasteiger partial charge >= 0.3 is 0 Å². The molecule has 88 valence electrons. The summed E-state index contributed by atoms with van der Waals surface area (Å²) in [5, 5.41) is 8.92. The summed E-state index contributed by atoms with van der Waals surface area (Å²) in [7, 11) is -3.26. The highest BCUT2D eigenvalue weighted by molar-refractivity contribution is 7.90. The van der Waals surface area contributed by atoms with Crippen LogP contribution in [0.25, 0.3) is 0 Å². The molecule has 1 aromatic rings. The second-order valence-electron chi connectivity index (χ2n) is 3.61. The molecule has 2 rings (SSSR count). The Balaban J connectivity index is 2.38. The summed E-state index contributed by atoms with van der Waals surface area (Å²) in [5.41, 5.74) is 0. The van der Waals surface area contributed by atoms with E-state index in [0.717, 1.165) is 6.26 Å². The van der Waals surface area contributed by atoms with E-state index in [1.165, 1.54) is 12.1 Å². The van der Waals surface area contributed by atoms with Crippen molar-refractivity contribution in [2.75, 3.05) is 19.5 Å². The minimum Gasteiger partial charge on any atom is -0.486 e. The maximum atomic E-state index is 11.3. The standard InChI is InChI=1S/C10H12O5S/c1-16(12,13)8-2-3-9-10(4-8)15-7(5-11)6-14-9/h2-4,7,11H,5-6H2,1H3. The smallest absolute Gasteiger partial charge is 0.175 e. The lowest BCUT2D eigenvalue weighted by Crippen LogP contribution is -2.32. The lowest BCUT2D eigenvalue weighted by Gasteiger charge is -2.25. The van der Waals surface area contributed by atoms with Gasteiger partial charge in [-0.15, -0.1) is 0 Å². The SMILES string of the molecule is CS(=O)(=O)c1ccc2c(c1)OC(CO)CO2. The van der Waals surface area contributed by atoms with E-state index in [1.54, 1.807) is 6.07 Å². The molecule has 1 aromatic carbocycles. The van der Waals surface area contributed by atoms with Crippen molar-refractivity contribution in [1.29, 1.82) is 0 Å². The number of aliphatic hydroxyl groups is 1. The average molecular weight is 244 g/mol. The summed E-state index contributed by atoms with van der Waals surface area (Å²) >= 11 is 0. The first-order valence-electron chi connectivity index (χ1n) is 4.75. The summed E-state index contributed by atoms with van der Waals surface area (Å²) in [6.45, 7) is 0.101. The number of rotatable bonds is 2. The Bertz CT molecular complexity index is 494. The van der Waals surface area contributed by atoms with Crippen molar-refractivity contribution in [2.24, 2.45) is 0 Å². The Morgan fingerprint density at radius 3 is 2.81 bits per heavy atom. The van der Waals surface area contributed by atoms with Gasteiger partial charge in [-0.25, -0.2) is 8.42 Å². The number of benzene rings is 1. The molecule has 0 aliphatic carbocycles. The van der Waals surface area contributed by atoms with Gasteiger partial charge in [-0.05, 0) is 12.1 Å². The highest BCUT2D eigenvalue weighted by atomic mass is 32.2. The highest BCUT2D eigenvalue weighted by Gasteiger charge is 2.21. The number of hydrogen-bond donors (Lipinski definition) is 1. The molecule has 0 saturated carbocycles. The van der Waals surface area contributed by atoms with Crippen LogP contribution in [0.2, 0.25) is 0 Å². The Morgan fingerprint density at radius 1 is 1.44 bits per heavy atom. The topological polar surface area (TPSA) is 72.8 Å². The van der Waals surface area contributed by atoms with Crippen LogP contribution >= 0.6 is 0 Å². The molecule has 1 aliphatic heterocycles. The first kappa shape index (κ1) is 11.2. The molecule has 0 bridgehead atoms. The molecule has 1 unspecified atom stereocenters. The van der Waals surface area contributed by atoms with E-state index in [9.17, 15) is 8.42 Å². The van der Waals surface area contributed by atoms with E-state index in [4.69, 9.17) is 14.6 Å². The molecule has 1 heterocycles. The maximum absolute atomic E-state index is 11.3. The fourth-order valence-electron chi connectivity index (χ4n) is 1.42. The largest absolute Gasteiger partial charge is 0.486 e. The normalized spacial score (nSPS) is 19.5. The second-order valence-corrected chi connectivity index (χ2v) is 5.63. The maximum Gasteiger partial charge on any atom is 0.175 e. The Labute approximate surface area is 93.5 Å². The fraction of sp³-hybridized carbons (Fsp3) is 0.400. The van der Waals surface area contributed by atoms with E-state index in [2.05, 4.69) is 0 Å². The van der Waals surface area contributed by atoms with Crippen molar-refractivity contribution in [2.45, 2.75) is 11.0 Å². The van der Waals surface area contributed by atoms with Gasteiger partial charge in [0.15, 0.2) is 27.4 Å². The number of aliphatic hydroxyl groups excluding tert-OH is 1. The van der Waals surface area contributed by atoms with Gasteiger partial charge in [0, 0.05) is 12.3 Å². The molecule has 0 saturated heterocycles. The van der Waals surface area contributed by atoms with E-state index in [1.807, 2.05) is 0 Å². The molecule has 1 aliphatic rings. The van der Waals surface area contributed by atoms with Gasteiger partial charge in [0.1, 0.15) is 6.61 Å². The molecule has 0 aromatic heterocycles. The number of ether oxygens (including phenoxy) is 2. The van der Waals surface area contributed by atoms with Gasteiger partial charge < -0.3 is 14.6 Å². The van der Waals surface area contributed by atoms with Gasteiger partial charge in [0.25, 0.3) is 0 Å². The molecule has 0 radical (unpaired) electrons. The molecule has 1 atom stereocenters. The molecule has 16 heavy (non-hydrogen) atoms. The van der Waals surface area contributed by atoms with Crippen molar-refractivity contribution in [3.63, 3.8) is 0 Å². The molecular formula is C10H12O5S. The van der Waals surface area contributed by atoms with Crippen molar-refractivity contribution in [1.82, 2.24) is 0 Å². The molecule has 6 heteroatoms. The van der Waals surface area contributed by atoms with E-state index in [-0.39, 0.29) is 18.1 Å². The Hall–Kier alpha value is -1.27. The molecule has 0 spiro atoms. The molecule has 0 amide bonds. The van der Waals surface area contributed by atoms with Crippen LogP contribution in [0.1, 0.15) is 0 Å². The fourth-order valence-corrected chi connectivity index (χ4v) is 2.05. The monoisotopic (exact) mass is 244 g/mol. The summed E-state index contributed by atoms with van der Waals surface area (Å²) in [6, 6.07) is 4.43. The van der Waals surface area contributed by atoms with Gasteiger partial charge in [0.2, 0.25) is 0 Å². The number of hydrogen-bond acceptors (Lipinski definition) is 5. The van der Waals surface area contributed by atoms with Crippen molar-refractivity contribution in [3.8, 4) is 11.5 Å². The summed E-state index contributed by atoms with van der Waals surface area (Å²) in [5.74, 6) is 0.852. The quantitative estimate of drug-likeness (QED) is 0.805. The number of fused-ring (bicyclic) bond motifs is 1. The third kappa shape index (κ3) is 2.12. The third-order valence-electron chi connectivity index (χ3n) is 2.27. The van der Waals surface area contributed by atoms with Crippen LogP contribution in [0.4, 0.5) is 0 Å². The van der Waals surface area contributed by atoms with Crippen LogP contribution < -0.4 is 9.47 Å². The first-order valence-corrected chi connectivity index (χ1v) is 6.64. The van der Waals surface area contributed by atoms with E-state index < -0.39 is 15.9 Å². The lowest BCUT2D eigenvalue weighted by molar-refractivity contribution is 0.0453. The molecule has 1 N–H and O–H groups in total. The zero-order valence-corrected chi connectivity index (χ0v) is 9.53.